The van der Waals surface area contributed by atoms with Crippen molar-refractivity contribution in [3.8, 4) is 0 Å². The fraction of sp³-hybridized carbons (Fsp3) is 0.960. The Kier molecular flexibility index (Phi) is 21.6. The van der Waals surface area contributed by atoms with Gasteiger partial charge >= 0.3 is 5.97 Å². The maximum atomic E-state index is 12.4. The molecule has 0 saturated carbocycles. The number of rotatable bonds is 22. The van der Waals surface area contributed by atoms with Crippen LogP contribution >= 0.6 is 0 Å². The summed E-state index contributed by atoms with van der Waals surface area (Å²) in [5.41, 5.74) is 0. The van der Waals surface area contributed by atoms with Crippen LogP contribution in [0.25, 0.3) is 0 Å². The van der Waals surface area contributed by atoms with Crippen LogP contribution in [0.4, 0.5) is 0 Å². The molecule has 0 aromatic heterocycles. The molecule has 0 saturated heterocycles. The molecule has 0 aromatic carbocycles. The summed E-state index contributed by atoms with van der Waals surface area (Å²) in [5, 5.41) is 8.81. The zero-order valence-electron chi connectivity index (χ0n) is 19.8. The molecule has 0 aromatic rings. The second kappa shape index (κ2) is 22.1. The average molecular weight is 415 g/mol. The summed E-state index contributed by atoms with van der Waals surface area (Å²) in [4.78, 5) is 12.4. The quantitative estimate of drug-likeness (QED) is 0.153. The van der Waals surface area contributed by atoms with Gasteiger partial charge in [-0.3, -0.25) is 0 Å². The fourth-order valence-electron chi connectivity index (χ4n) is 3.55. The van der Waals surface area contributed by atoms with Crippen LogP contribution < -0.4 is 0 Å². The molecule has 0 bridgehead atoms. The molecule has 0 aliphatic rings. The Morgan fingerprint density at radius 1 is 0.724 bits per heavy atom. The van der Waals surface area contributed by atoms with Gasteiger partial charge in [-0.05, 0) is 51.9 Å². The van der Waals surface area contributed by atoms with E-state index in [1.807, 2.05) is 0 Å². The minimum absolute atomic E-state index is 0.0419. The first-order valence-corrected chi connectivity index (χ1v) is 12.6. The number of carbonyl (C=O) groups is 1. The van der Waals surface area contributed by atoms with Gasteiger partial charge in [-0.25, -0.2) is 4.79 Å². The van der Waals surface area contributed by atoms with E-state index < -0.39 is 6.10 Å². The second-order valence-electron chi connectivity index (χ2n) is 8.47. The number of hydrogen-bond acceptors (Lipinski definition) is 4. The molecule has 0 radical (unpaired) electrons. The van der Waals surface area contributed by atoms with Gasteiger partial charge in [0.1, 0.15) is 6.10 Å². The number of unbranched alkanes of at least 4 members (excludes halogenated alkanes) is 12. The molecule has 174 valence electrons. The minimum atomic E-state index is -0.499. The van der Waals surface area contributed by atoms with E-state index in [1.54, 1.807) is 6.92 Å². The van der Waals surface area contributed by atoms with Crippen LogP contribution in [0.5, 0.6) is 0 Å². The van der Waals surface area contributed by atoms with Gasteiger partial charge in [-0.1, -0.05) is 78.1 Å². The van der Waals surface area contributed by atoms with Gasteiger partial charge in [0, 0.05) is 13.2 Å². The van der Waals surface area contributed by atoms with Crippen molar-refractivity contribution in [3.63, 3.8) is 0 Å². The molecule has 0 amide bonds. The first-order valence-electron chi connectivity index (χ1n) is 12.6. The summed E-state index contributed by atoms with van der Waals surface area (Å²) in [6.45, 7) is 7.05. The van der Waals surface area contributed by atoms with Gasteiger partial charge in [-0.15, -0.1) is 0 Å². The SMILES string of the molecule is CCCCCCCCC(CCCCCCCC)OC(=O)[C@H](C)OCCCCCO. The average Bonchev–Trinajstić information content (AvgIpc) is 2.72. The maximum Gasteiger partial charge on any atom is 0.335 e. The Morgan fingerprint density at radius 2 is 1.21 bits per heavy atom. The lowest BCUT2D eigenvalue weighted by Gasteiger charge is -2.21. The van der Waals surface area contributed by atoms with Crippen LogP contribution in [0.1, 0.15) is 130 Å². The predicted octanol–water partition coefficient (Wildman–Crippen LogP) is 6.97. The fourth-order valence-corrected chi connectivity index (χ4v) is 3.55. The van der Waals surface area contributed by atoms with Crippen molar-refractivity contribution in [2.24, 2.45) is 0 Å². The standard InChI is InChI=1S/C25H50O4/c1-4-6-8-10-12-15-19-24(20-16-13-11-9-7-5-2)29-25(27)23(3)28-22-18-14-17-21-26/h23-24,26H,4-22H2,1-3H3/t23-/m0/s1. The highest BCUT2D eigenvalue weighted by atomic mass is 16.6. The third-order valence-corrected chi connectivity index (χ3v) is 5.54. The first-order chi connectivity index (χ1) is 14.2. The number of esters is 1. The van der Waals surface area contributed by atoms with Crippen molar-refractivity contribution in [1.82, 2.24) is 0 Å². The summed E-state index contributed by atoms with van der Waals surface area (Å²) in [6.07, 6.45) is 19.3. The molecule has 0 aliphatic heterocycles. The molecule has 0 spiro atoms. The van der Waals surface area contributed by atoms with E-state index in [2.05, 4.69) is 13.8 Å². The highest BCUT2D eigenvalue weighted by Crippen LogP contribution is 2.18. The lowest BCUT2D eigenvalue weighted by Crippen LogP contribution is -2.28. The van der Waals surface area contributed by atoms with E-state index in [0.29, 0.717) is 6.61 Å². The third kappa shape index (κ3) is 19.1. The van der Waals surface area contributed by atoms with Crippen molar-refractivity contribution in [2.45, 2.75) is 142 Å². The van der Waals surface area contributed by atoms with Crippen molar-refractivity contribution in [1.29, 1.82) is 0 Å². The highest BCUT2D eigenvalue weighted by molar-refractivity contribution is 5.74. The van der Waals surface area contributed by atoms with Crippen molar-refractivity contribution in [3.05, 3.63) is 0 Å². The van der Waals surface area contributed by atoms with Crippen LogP contribution in [0.3, 0.4) is 0 Å². The van der Waals surface area contributed by atoms with Gasteiger partial charge in [0.15, 0.2) is 6.10 Å². The summed E-state index contributed by atoms with van der Waals surface area (Å²) < 4.78 is 11.5. The second-order valence-corrected chi connectivity index (χ2v) is 8.47. The third-order valence-electron chi connectivity index (χ3n) is 5.54. The van der Waals surface area contributed by atoms with E-state index in [0.717, 1.165) is 44.9 Å². The van der Waals surface area contributed by atoms with Gasteiger partial charge in [-0.2, -0.15) is 0 Å². The van der Waals surface area contributed by atoms with Crippen LogP contribution in [0, 0.1) is 0 Å². The van der Waals surface area contributed by atoms with E-state index in [-0.39, 0.29) is 18.7 Å². The monoisotopic (exact) mass is 414 g/mol. The maximum absolute atomic E-state index is 12.4. The molecule has 4 heteroatoms. The first kappa shape index (κ1) is 28.4. The number of ether oxygens (including phenoxy) is 2. The zero-order chi connectivity index (χ0) is 21.6. The van der Waals surface area contributed by atoms with Gasteiger partial charge in [0.2, 0.25) is 0 Å². The van der Waals surface area contributed by atoms with Crippen LogP contribution in [-0.2, 0) is 14.3 Å². The summed E-state index contributed by atoms with van der Waals surface area (Å²) >= 11 is 0. The van der Waals surface area contributed by atoms with Gasteiger partial charge in [0.25, 0.3) is 0 Å². The van der Waals surface area contributed by atoms with Gasteiger partial charge < -0.3 is 14.6 Å². The zero-order valence-corrected chi connectivity index (χ0v) is 19.8. The molecule has 0 aliphatic carbocycles. The largest absolute Gasteiger partial charge is 0.460 e. The Labute approximate surface area is 181 Å². The molecule has 0 unspecified atom stereocenters. The molecular weight excluding hydrogens is 364 g/mol. The molecule has 0 fully saturated rings. The predicted molar refractivity (Wildman–Crippen MR) is 122 cm³/mol. The van der Waals surface area contributed by atoms with Gasteiger partial charge in [0.05, 0.1) is 0 Å². The molecule has 1 atom stereocenters. The molecule has 1 N–H and O–H groups in total. The highest BCUT2D eigenvalue weighted by Gasteiger charge is 2.20. The van der Waals surface area contributed by atoms with Crippen molar-refractivity contribution < 1.29 is 19.4 Å². The number of aliphatic hydroxyl groups excluding tert-OH is 1. The number of carbonyl (C=O) groups excluding carboxylic acids is 1. The number of aliphatic hydroxyl groups is 1. The van der Waals surface area contributed by atoms with E-state index in [1.165, 1.54) is 64.2 Å². The van der Waals surface area contributed by atoms with E-state index >= 15 is 0 Å². The topological polar surface area (TPSA) is 55.8 Å². The molecule has 0 rings (SSSR count). The summed E-state index contributed by atoms with van der Waals surface area (Å²) in [6, 6.07) is 0. The normalized spacial score (nSPS) is 12.4. The van der Waals surface area contributed by atoms with E-state index in [9.17, 15) is 4.79 Å². The summed E-state index contributed by atoms with van der Waals surface area (Å²) in [7, 11) is 0. The van der Waals surface area contributed by atoms with Crippen LogP contribution in [0.2, 0.25) is 0 Å². The van der Waals surface area contributed by atoms with Crippen molar-refractivity contribution in [2.75, 3.05) is 13.2 Å². The molecule has 29 heavy (non-hydrogen) atoms. The van der Waals surface area contributed by atoms with Crippen LogP contribution in [-0.4, -0.2) is 36.5 Å². The Bertz CT molecular complexity index is 330. The smallest absolute Gasteiger partial charge is 0.335 e. The lowest BCUT2D eigenvalue weighted by molar-refractivity contribution is -0.162. The molecule has 4 nitrogen and oxygen atoms in total. The summed E-state index contributed by atoms with van der Waals surface area (Å²) in [5.74, 6) is -0.214. The Morgan fingerprint density at radius 3 is 1.72 bits per heavy atom. The minimum Gasteiger partial charge on any atom is -0.460 e. The van der Waals surface area contributed by atoms with Crippen LogP contribution in [0.15, 0.2) is 0 Å². The lowest BCUT2D eigenvalue weighted by atomic mass is 10.0. The number of hydrogen-bond donors (Lipinski definition) is 1. The van der Waals surface area contributed by atoms with Crippen molar-refractivity contribution >= 4 is 5.97 Å². The molecule has 0 heterocycles. The Hall–Kier alpha value is -0.610. The van der Waals surface area contributed by atoms with E-state index in [4.69, 9.17) is 14.6 Å². The Balaban J connectivity index is 4.18. The molecular formula is C25H50O4.